The van der Waals surface area contributed by atoms with E-state index in [1.54, 1.807) is 0 Å². The summed E-state index contributed by atoms with van der Waals surface area (Å²) in [6.07, 6.45) is 0.267. The summed E-state index contributed by atoms with van der Waals surface area (Å²) in [7, 11) is -4.67. The minimum Gasteiger partial charge on any atom is -0.509 e. The molecular weight excluding hydrogens is 304 g/mol. The highest BCUT2D eigenvalue weighted by molar-refractivity contribution is 7.80. The normalized spacial score (nSPS) is 18.0. The van der Waals surface area contributed by atoms with Crippen molar-refractivity contribution in [2.75, 3.05) is 0 Å². The van der Waals surface area contributed by atoms with E-state index < -0.39 is 40.0 Å². The lowest BCUT2D eigenvalue weighted by molar-refractivity contribution is 0.200. The van der Waals surface area contributed by atoms with Gasteiger partial charge in [0.15, 0.2) is 5.75 Å². The van der Waals surface area contributed by atoms with E-state index in [0.29, 0.717) is 0 Å². The van der Waals surface area contributed by atoms with E-state index >= 15 is 0 Å². The van der Waals surface area contributed by atoms with E-state index in [2.05, 4.69) is 4.18 Å². The Bertz CT molecular complexity index is 856. The van der Waals surface area contributed by atoms with Gasteiger partial charge >= 0.3 is 10.4 Å². The Balaban J connectivity index is 2.70. The summed E-state index contributed by atoms with van der Waals surface area (Å²) in [4.78, 5) is 12.0. The molecule has 0 heterocycles. The fourth-order valence-electron chi connectivity index (χ4n) is 1.98. The predicted octanol–water partition coefficient (Wildman–Crippen LogP) is -1.72. The Morgan fingerprint density at radius 2 is 1.95 bits per heavy atom. The van der Waals surface area contributed by atoms with Crippen molar-refractivity contribution in [3.8, 4) is 5.75 Å². The van der Waals surface area contributed by atoms with Gasteiger partial charge in [-0.05, 0) is 29.3 Å². The number of hydrogen-bond donors (Lipinski definition) is 4. The average Bonchev–Trinajstić information content (AvgIpc) is 2.50. The van der Waals surface area contributed by atoms with Crippen molar-refractivity contribution in [2.45, 2.75) is 19.1 Å². The minimum atomic E-state index is -4.67. The summed E-state index contributed by atoms with van der Waals surface area (Å²) in [6, 6.07) is 2.27. The first-order valence-electron chi connectivity index (χ1n) is 5.78. The van der Waals surface area contributed by atoms with Crippen LogP contribution in [0.5, 0.6) is 5.75 Å². The smallest absolute Gasteiger partial charge is 0.397 e. The molecular formula is C12H12O8S. The van der Waals surface area contributed by atoms with Gasteiger partial charge in [0, 0.05) is 0 Å². The molecule has 1 aromatic rings. The number of aromatic hydroxyl groups is 1. The first-order chi connectivity index (χ1) is 9.69. The third kappa shape index (κ3) is 3.39. The first kappa shape index (κ1) is 15.4. The molecule has 8 nitrogen and oxygen atoms in total. The lowest BCUT2D eigenvalue weighted by Crippen LogP contribution is -2.43. The zero-order valence-corrected chi connectivity index (χ0v) is 11.4. The third-order valence-corrected chi connectivity index (χ3v) is 3.33. The summed E-state index contributed by atoms with van der Waals surface area (Å²) < 4.78 is 33.8. The fraction of sp³-hybridized carbons (Fsp3) is 0.250. The van der Waals surface area contributed by atoms with Gasteiger partial charge in [0.1, 0.15) is 11.9 Å². The van der Waals surface area contributed by atoms with Gasteiger partial charge in [-0.3, -0.25) is 9.35 Å². The van der Waals surface area contributed by atoms with Gasteiger partial charge in [-0.1, -0.05) is 6.08 Å². The van der Waals surface area contributed by atoms with Crippen LogP contribution >= 0.6 is 0 Å². The molecule has 0 radical (unpaired) electrons. The average molecular weight is 316 g/mol. The van der Waals surface area contributed by atoms with Crippen molar-refractivity contribution in [1.29, 1.82) is 0 Å². The van der Waals surface area contributed by atoms with Crippen molar-refractivity contribution in [2.24, 2.45) is 0 Å². The molecule has 0 fully saturated rings. The molecule has 1 aromatic carbocycles. The summed E-state index contributed by atoms with van der Waals surface area (Å²) >= 11 is 0. The molecule has 114 valence electrons. The largest absolute Gasteiger partial charge is 0.509 e. The van der Waals surface area contributed by atoms with Gasteiger partial charge in [-0.2, -0.15) is 8.42 Å². The molecule has 2 rings (SSSR count). The van der Waals surface area contributed by atoms with Crippen LogP contribution in [0.15, 0.2) is 16.9 Å². The van der Waals surface area contributed by atoms with E-state index in [4.69, 9.17) is 4.55 Å². The zero-order chi connectivity index (χ0) is 15.8. The van der Waals surface area contributed by atoms with Crippen LogP contribution in [0.3, 0.4) is 0 Å². The molecule has 1 aliphatic rings. The second kappa shape index (κ2) is 5.45. The highest BCUT2D eigenvalue weighted by Crippen LogP contribution is 2.08. The molecule has 0 amide bonds. The Morgan fingerprint density at radius 3 is 2.57 bits per heavy atom. The maximum absolute atomic E-state index is 12.0. The molecule has 0 saturated heterocycles. The van der Waals surface area contributed by atoms with Crippen LogP contribution in [-0.4, -0.2) is 34.4 Å². The highest BCUT2D eigenvalue weighted by Gasteiger charge is 2.17. The van der Waals surface area contributed by atoms with Crippen LogP contribution in [0.1, 0.15) is 12.0 Å². The van der Waals surface area contributed by atoms with Gasteiger partial charge in [0.2, 0.25) is 5.43 Å². The Hall–Kier alpha value is -1.94. The highest BCUT2D eigenvalue weighted by atomic mass is 32.3. The maximum atomic E-state index is 12.0. The second-order valence-corrected chi connectivity index (χ2v) is 5.53. The second-order valence-electron chi connectivity index (χ2n) is 4.44. The molecule has 0 bridgehead atoms. The van der Waals surface area contributed by atoms with Crippen LogP contribution in [0.2, 0.25) is 0 Å². The summed E-state index contributed by atoms with van der Waals surface area (Å²) in [6.45, 7) is -0.607. The van der Waals surface area contributed by atoms with Crippen LogP contribution in [0.4, 0.5) is 0 Å². The van der Waals surface area contributed by atoms with E-state index in [1.165, 1.54) is 12.1 Å². The molecule has 0 aliphatic heterocycles. The van der Waals surface area contributed by atoms with Crippen molar-refractivity contribution in [3.05, 3.63) is 38.4 Å². The molecule has 1 unspecified atom stereocenters. The van der Waals surface area contributed by atoms with E-state index in [0.717, 1.165) is 6.07 Å². The van der Waals surface area contributed by atoms with Crippen LogP contribution in [-0.2, 0) is 21.2 Å². The SMILES string of the molecule is O=c1c(O)cc(COS(=O)(=O)O)cc2c1=C(O)C(O)CC=2. The summed E-state index contributed by atoms with van der Waals surface area (Å²) in [5, 5.41) is 28.9. The maximum Gasteiger partial charge on any atom is 0.397 e. The quantitative estimate of drug-likeness (QED) is 0.483. The molecule has 4 N–H and O–H groups in total. The van der Waals surface area contributed by atoms with Gasteiger partial charge in [-0.25, -0.2) is 4.18 Å². The molecule has 1 aliphatic carbocycles. The molecule has 0 saturated carbocycles. The van der Waals surface area contributed by atoms with E-state index in [-0.39, 0.29) is 22.4 Å². The Morgan fingerprint density at radius 1 is 1.29 bits per heavy atom. The zero-order valence-electron chi connectivity index (χ0n) is 10.6. The number of aliphatic hydroxyl groups excluding tert-OH is 2. The lowest BCUT2D eigenvalue weighted by atomic mass is 10.1. The van der Waals surface area contributed by atoms with Crippen molar-refractivity contribution >= 4 is 22.2 Å². The molecule has 0 spiro atoms. The number of hydrogen-bond acceptors (Lipinski definition) is 7. The van der Waals surface area contributed by atoms with Crippen LogP contribution in [0, 0.1) is 0 Å². The van der Waals surface area contributed by atoms with Gasteiger partial charge in [0.25, 0.3) is 0 Å². The molecule has 9 heteroatoms. The molecule has 21 heavy (non-hydrogen) atoms. The van der Waals surface area contributed by atoms with Crippen LogP contribution < -0.4 is 15.9 Å². The number of rotatable bonds is 3. The van der Waals surface area contributed by atoms with Crippen LogP contribution in [0.25, 0.3) is 11.8 Å². The standard InChI is InChI=1S/C12H12O8S/c13-8-2-1-7-3-6(5-20-21(17,18)19)4-9(14)12(16)10(7)11(8)15/h1,3-4,8,13-15H,2,5H2,(H,17,18,19). The van der Waals surface area contributed by atoms with Gasteiger partial charge in [-0.15, -0.1) is 0 Å². The van der Waals surface area contributed by atoms with E-state index in [1.807, 2.05) is 0 Å². The Kier molecular flexibility index (Phi) is 4.01. The Labute approximate surface area is 118 Å². The van der Waals surface area contributed by atoms with Gasteiger partial charge in [0.05, 0.1) is 11.8 Å². The molecule has 1 atom stereocenters. The molecule has 0 aromatic heterocycles. The lowest BCUT2D eigenvalue weighted by Gasteiger charge is -2.10. The number of fused-ring (bicyclic) bond motifs is 1. The minimum absolute atomic E-state index is 0.0572. The third-order valence-electron chi connectivity index (χ3n) is 2.92. The van der Waals surface area contributed by atoms with Gasteiger partial charge < -0.3 is 15.3 Å². The summed E-state index contributed by atoms with van der Waals surface area (Å²) in [5.41, 5.74) is -0.820. The topological polar surface area (TPSA) is 141 Å². The number of aliphatic hydroxyl groups is 2. The summed E-state index contributed by atoms with van der Waals surface area (Å²) in [5.74, 6) is -1.31. The van der Waals surface area contributed by atoms with Crippen molar-refractivity contribution in [3.63, 3.8) is 0 Å². The monoisotopic (exact) mass is 316 g/mol. The van der Waals surface area contributed by atoms with Crippen molar-refractivity contribution < 1.29 is 32.5 Å². The fourth-order valence-corrected chi connectivity index (χ4v) is 2.27. The van der Waals surface area contributed by atoms with Crippen molar-refractivity contribution in [1.82, 2.24) is 0 Å². The predicted molar refractivity (Wildman–Crippen MR) is 71.1 cm³/mol. The van der Waals surface area contributed by atoms with E-state index in [9.17, 15) is 28.5 Å². The first-order valence-corrected chi connectivity index (χ1v) is 7.15.